The summed E-state index contributed by atoms with van der Waals surface area (Å²) in [6.07, 6.45) is 0.0661. The van der Waals surface area contributed by atoms with E-state index in [0.29, 0.717) is 21.4 Å². The first-order valence-corrected chi connectivity index (χ1v) is 8.01. The monoisotopic (exact) mass is 366 g/mol. The fourth-order valence-corrected chi connectivity index (χ4v) is 3.17. The quantitative estimate of drug-likeness (QED) is 0.887. The van der Waals surface area contributed by atoms with Crippen LogP contribution in [-0.2, 0) is 9.59 Å². The molecule has 0 bridgehead atoms. The molecule has 124 valence electrons. The number of carbonyl (C=O) groups is 2. The van der Waals surface area contributed by atoms with Gasteiger partial charge in [-0.1, -0.05) is 29.3 Å². The van der Waals surface area contributed by atoms with Crippen LogP contribution in [0.25, 0.3) is 0 Å². The summed E-state index contributed by atoms with van der Waals surface area (Å²) in [5, 5.41) is 3.52. The zero-order valence-corrected chi connectivity index (χ0v) is 13.9. The lowest BCUT2D eigenvalue weighted by Crippen LogP contribution is -2.28. The van der Waals surface area contributed by atoms with Gasteiger partial charge >= 0.3 is 0 Å². The second-order valence-electron chi connectivity index (χ2n) is 5.53. The highest BCUT2D eigenvalue weighted by Gasteiger charge is 2.35. The predicted octanol–water partition coefficient (Wildman–Crippen LogP) is 4.12. The van der Waals surface area contributed by atoms with Crippen molar-refractivity contribution in [1.82, 2.24) is 0 Å². The van der Waals surface area contributed by atoms with Gasteiger partial charge in [0.15, 0.2) is 0 Å². The van der Waals surface area contributed by atoms with E-state index in [1.54, 1.807) is 24.3 Å². The zero-order chi connectivity index (χ0) is 17.3. The number of benzene rings is 2. The van der Waals surface area contributed by atoms with Gasteiger partial charge in [0.2, 0.25) is 11.8 Å². The van der Waals surface area contributed by atoms with Gasteiger partial charge in [0.25, 0.3) is 0 Å². The Hall–Kier alpha value is -2.11. The molecule has 0 saturated carbocycles. The molecular weight excluding hydrogens is 354 g/mol. The highest BCUT2D eigenvalue weighted by molar-refractivity contribution is 6.35. The third-order valence-corrected chi connectivity index (χ3v) is 4.18. The van der Waals surface area contributed by atoms with Crippen LogP contribution in [0.4, 0.5) is 15.8 Å². The molecule has 1 aliphatic heterocycles. The van der Waals surface area contributed by atoms with Crippen molar-refractivity contribution in [1.29, 1.82) is 0 Å². The summed E-state index contributed by atoms with van der Waals surface area (Å²) in [4.78, 5) is 25.9. The number of hydrogen-bond acceptors (Lipinski definition) is 2. The van der Waals surface area contributed by atoms with Gasteiger partial charge in [0, 0.05) is 34.4 Å². The lowest BCUT2D eigenvalue weighted by atomic mass is 10.1. The van der Waals surface area contributed by atoms with Gasteiger partial charge in [-0.15, -0.1) is 0 Å². The molecule has 2 aromatic carbocycles. The lowest BCUT2D eigenvalue weighted by molar-refractivity contribution is -0.122. The molecule has 2 amide bonds. The Morgan fingerprint density at radius 1 is 1.17 bits per heavy atom. The minimum absolute atomic E-state index is 0.0661. The molecule has 1 heterocycles. The van der Waals surface area contributed by atoms with Crippen molar-refractivity contribution in [2.24, 2.45) is 5.92 Å². The van der Waals surface area contributed by atoms with E-state index in [1.165, 1.54) is 23.1 Å². The van der Waals surface area contributed by atoms with Crippen LogP contribution in [0.5, 0.6) is 0 Å². The molecule has 1 atom stereocenters. The standard InChI is InChI=1S/C17H13Cl2FN2O2/c18-11-5-12(19)7-14(6-11)21-17(24)10-4-16(23)22(9-10)15-3-1-2-13(20)8-15/h1-3,5-8,10H,4,9H2,(H,21,24). The van der Waals surface area contributed by atoms with Crippen molar-refractivity contribution in [3.63, 3.8) is 0 Å². The highest BCUT2D eigenvalue weighted by atomic mass is 35.5. The average Bonchev–Trinajstić information content (AvgIpc) is 2.88. The van der Waals surface area contributed by atoms with Crippen molar-refractivity contribution in [2.45, 2.75) is 6.42 Å². The minimum atomic E-state index is -0.529. The Labute approximate surface area is 148 Å². The van der Waals surface area contributed by atoms with Gasteiger partial charge in [-0.25, -0.2) is 4.39 Å². The second-order valence-corrected chi connectivity index (χ2v) is 6.41. The van der Waals surface area contributed by atoms with Crippen LogP contribution in [0.1, 0.15) is 6.42 Å². The van der Waals surface area contributed by atoms with E-state index < -0.39 is 11.7 Å². The van der Waals surface area contributed by atoms with Crippen molar-refractivity contribution in [3.8, 4) is 0 Å². The molecule has 1 unspecified atom stereocenters. The largest absolute Gasteiger partial charge is 0.326 e. The maximum Gasteiger partial charge on any atom is 0.229 e. The topological polar surface area (TPSA) is 49.4 Å². The van der Waals surface area contributed by atoms with Gasteiger partial charge in [-0.2, -0.15) is 0 Å². The van der Waals surface area contributed by atoms with Gasteiger partial charge in [0.05, 0.1) is 5.92 Å². The Morgan fingerprint density at radius 2 is 1.88 bits per heavy atom. The molecule has 0 aliphatic carbocycles. The van der Waals surface area contributed by atoms with Crippen molar-refractivity contribution >= 4 is 46.4 Å². The number of amides is 2. The van der Waals surface area contributed by atoms with Crippen LogP contribution < -0.4 is 10.2 Å². The van der Waals surface area contributed by atoms with Gasteiger partial charge in [-0.3, -0.25) is 9.59 Å². The molecule has 0 aromatic heterocycles. The molecular formula is C17H13Cl2FN2O2. The van der Waals surface area contributed by atoms with Gasteiger partial charge in [-0.05, 0) is 36.4 Å². The van der Waals surface area contributed by atoms with E-state index in [9.17, 15) is 14.0 Å². The van der Waals surface area contributed by atoms with E-state index >= 15 is 0 Å². The van der Waals surface area contributed by atoms with Crippen molar-refractivity contribution < 1.29 is 14.0 Å². The van der Waals surface area contributed by atoms with Crippen molar-refractivity contribution in [3.05, 3.63) is 58.3 Å². The third kappa shape index (κ3) is 3.68. The zero-order valence-electron chi connectivity index (χ0n) is 12.4. The number of halogens is 3. The van der Waals surface area contributed by atoms with Gasteiger partial charge in [0.1, 0.15) is 5.82 Å². The summed E-state index contributed by atoms with van der Waals surface area (Å²) in [5.74, 6) is -1.48. The Kier molecular flexibility index (Phi) is 4.73. The lowest BCUT2D eigenvalue weighted by Gasteiger charge is -2.16. The van der Waals surface area contributed by atoms with E-state index in [1.807, 2.05) is 0 Å². The number of nitrogens with one attached hydrogen (secondary N) is 1. The molecule has 2 aromatic rings. The summed E-state index contributed by atoms with van der Waals surface area (Å²) < 4.78 is 13.3. The van der Waals surface area contributed by atoms with Crippen molar-refractivity contribution in [2.75, 3.05) is 16.8 Å². The van der Waals surface area contributed by atoms with Crippen LogP contribution in [0, 0.1) is 11.7 Å². The van der Waals surface area contributed by atoms with Crippen LogP contribution in [0.3, 0.4) is 0 Å². The first-order chi connectivity index (χ1) is 11.4. The smallest absolute Gasteiger partial charge is 0.229 e. The molecule has 1 aliphatic rings. The van der Waals surface area contributed by atoms with Gasteiger partial charge < -0.3 is 10.2 Å². The number of nitrogens with zero attached hydrogens (tertiary/aromatic N) is 1. The number of carbonyl (C=O) groups excluding carboxylic acids is 2. The summed E-state index contributed by atoms with van der Waals surface area (Å²) >= 11 is 11.8. The fourth-order valence-electron chi connectivity index (χ4n) is 2.65. The van der Waals surface area contributed by atoms with Crippen LogP contribution in [-0.4, -0.2) is 18.4 Å². The maximum absolute atomic E-state index is 13.3. The Balaban J connectivity index is 1.72. The fraction of sp³-hybridized carbons (Fsp3) is 0.176. The molecule has 0 spiro atoms. The molecule has 1 N–H and O–H groups in total. The number of anilines is 2. The molecule has 1 fully saturated rings. The van der Waals surface area contributed by atoms with E-state index in [-0.39, 0.29) is 24.8 Å². The Bertz CT molecular complexity index is 793. The first-order valence-electron chi connectivity index (χ1n) is 7.25. The average molecular weight is 367 g/mol. The molecule has 0 radical (unpaired) electrons. The normalized spacial score (nSPS) is 17.2. The third-order valence-electron chi connectivity index (χ3n) is 3.75. The van der Waals surface area contributed by atoms with E-state index in [4.69, 9.17) is 23.2 Å². The predicted molar refractivity (Wildman–Crippen MR) is 92.0 cm³/mol. The van der Waals surface area contributed by atoms with E-state index in [0.717, 1.165) is 0 Å². The summed E-state index contributed by atoms with van der Waals surface area (Å²) in [6.45, 7) is 0.197. The SMILES string of the molecule is O=C(Nc1cc(Cl)cc(Cl)c1)C1CC(=O)N(c2cccc(F)c2)C1. The molecule has 24 heavy (non-hydrogen) atoms. The van der Waals surface area contributed by atoms with E-state index in [2.05, 4.69) is 5.32 Å². The molecule has 3 rings (SSSR count). The molecule has 7 heteroatoms. The molecule has 4 nitrogen and oxygen atoms in total. The maximum atomic E-state index is 13.3. The van der Waals surface area contributed by atoms with Crippen LogP contribution in [0.2, 0.25) is 10.0 Å². The van der Waals surface area contributed by atoms with Crippen LogP contribution in [0.15, 0.2) is 42.5 Å². The highest BCUT2D eigenvalue weighted by Crippen LogP contribution is 2.28. The Morgan fingerprint density at radius 3 is 2.54 bits per heavy atom. The minimum Gasteiger partial charge on any atom is -0.326 e. The first kappa shape index (κ1) is 16.7. The number of hydrogen-bond donors (Lipinski definition) is 1. The summed E-state index contributed by atoms with van der Waals surface area (Å²) in [5.41, 5.74) is 0.912. The molecule has 1 saturated heterocycles. The van der Waals surface area contributed by atoms with Crippen LogP contribution >= 0.6 is 23.2 Å². The summed E-state index contributed by atoms with van der Waals surface area (Å²) in [7, 11) is 0. The number of rotatable bonds is 3. The second kappa shape index (κ2) is 6.79. The summed E-state index contributed by atoms with van der Waals surface area (Å²) in [6, 6.07) is 10.5.